The van der Waals surface area contributed by atoms with Crippen molar-refractivity contribution in [3.05, 3.63) is 0 Å². The van der Waals surface area contributed by atoms with E-state index in [4.69, 9.17) is 15.7 Å². The molecule has 0 aromatic carbocycles. The first-order valence-corrected chi connectivity index (χ1v) is 7.63. The lowest BCUT2D eigenvalue weighted by Crippen LogP contribution is -2.50. The fraction of sp³-hybridized carbons (Fsp3) is 0.917. The van der Waals surface area contributed by atoms with Gasteiger partial charge in [-0.2, -0.15) is 11.8 Å². The maximum absolute atomic E-state index is 8.87. The summed E-state index contributed by atoms with van der Waals surface area (Å²) in [6.45, 7) is 7.77. The molecule has 0 unspecified atom stereocenters. The van der Waals surface area contributed by atoms with E-state index in [9.17, 15) is 0 Å². The van der Waals surface area contributed by atoms with Crippen molar-refractivity contribution < 1.29 is 9.94 Å². The van der Waals surface area contributed by atoms with Crippen molar-refractivity contribution in [2.45, 2.75) is 37.5 Å². The van der Waals surface area contributed by atoms with E-state index >= 15 is 0 Å². The van der Waals surface area contributed by atoms with Crippen molar-refractivity contribution in [1.29, 1.82) is 0 Å². The van der Waals surface area contributed by atoms with E-state index in [1.165, 1.54) is 0 Å². The first kappa shape index (κ1) is 15.6. The Balaban J connectivity index is 2.39. The molecule has 106 valence electrons. The average molecular weight is 275 g/mol. The zero-order valence-corrected chi connectivity index (χ0v) is 12.4. The summed E-state index contributed by atoms with van der Waals surface area (Å²) in [5, 5.41) is 12.1. The zero-order valence-electron chi connectivity index (χ0n) is 11.6. The monoisotopic (exact) mass is 275 g/mol. The van der Waals surface area contributed by atoms with Crippen LogP contribution in [0.2, 0.25) is 0 Å². The predicted molar refractivity (Wildman–Crippen MR) is 76.4 cm³/mol. The number of hydrogen-bond donors (Lipinski definition) is 2. The van der Waals surface area contributed by atoms with Gasteiger partial charge in [-0.25, -0.2) is 0 Å². The first-order chi connectivity index (χ1) is 8.54. The molecule has 1 saturated heterocycles. The minimum atomic E-state index is -0.190. The lowest BCUT2D eigenvalue weighted by atomic mass is 9.94. The van der Waals surface area contributed by atoms with Gasteiger partial charge in [0.2, 0.25) is 0 Å². The quantitative estimate of drug-likeness (QED) is 0.331. The standard InChI is InChI=1S/C12H25N3O2S/c1-10(2)17-9-8-15-6-4-12(18-3,5-7-15)11(13)14-16/h10,16H,4-9H2,1-3H3,(H2,13,14). The molecule has 1 rings (SSSR count). The van der Waals surface area contributed by atoms with Gasteiger partial charge in [-0.1, -0.05) is 5.16 Å². The molecule has 1 fully saturated rings. The molecule has 0 radical (unpaired) electrons. The molecule has 1 heterocycles. The van der Waals surface area contributed by atoms with Crippen LogP contribution in [0.15, 0.2) is 5.16 Å². The summed E-state index contributed by atoms with van der Waals surface area (Å²) < 4.78 is 5.37. The zero-order chi connectivity index (χ0) is 13.6. The molecular formula is C12H25N3O2S. The molecule has 0 aromatic heterocycles. The van der Waals surface area contributed by atoms with Crippen LogP contribution in [0.5, 0.6) is 0 Å². The summed E-state index contributed by atoms with van der Waals surface area (Å²) in [5.41, 5.74) is 5.81. The summed E-state index contributed by atoms with van der Waals surface area (Å²) in [7, 11) is 0. The second-order valence-electron chi connectivity index (χ2n) is 4.94. The van der Waals surface area contributed by atoms with Gasteiger partial charge in [-0.3, -0.25) is 0 Å². The number of likely N-dealkylation sites (tertiary alicyclic amines) is 1. The summed E-state index contributed by atoms with van der Waals surface area (Å²) in [6, 6.07) is 0. The summed E-state index contributed by atoms with van der Waals surface area (Å²) in [5.74, 6) is 0.355. The second-order valence-corrected chi connectivity index (χ2v) is 6.13. The number of piperidine rings is 1. The molecule has 0 spiro atoms. The Kier molecular flexibility index (Phi) is 6.25. The largest absolute Gasteiger partial charge is 0.409 e. The van der Waals surface area contributed by atoms with Crippen LogP contribution in [0.25, 0.3) is 0 Å². The molecule has 0 aromatic rings. The third-order valence-corrected chi connectivity index (χ3v) is 4.89. The van der Waals surface area contributed by atoms with Crippen LogP contribution in [0.4, 0.5) is 0 Å². The maximum atomic E-state index is 8.87. The van der Waals surface area contributed by atoms with Crippen molar-refractivity contribution >= 4 is 17.6 Å². The van der Waals surface area contributed by atoms with Crippen molar-refractivity contribution in [3.8, 4) is 0 Å². The number of hydrogen-bond acceptors (Lipinski definition) is 5. The maximum Gasteiger partial charge on any atom is 0.155 e. The molecule has 6 heteroatoms. The highest BCUT2D eigenvalue weighted by molar-refractivity contribution is 8.00. The molecule has 1 aliphatic heterocycles. The van der Waals surface area contributed by atoms with Crippen LogP contribution >= 0.6 is 11.8 Å². The molecule has 0 saturated carbocycles. The van der Waals surface area contributed by atoms with Crippen LogP contribution in [0, 0.1) is 0 Å². The number of amidine groups is 1. The van der Waals surface area contributed by atoms with E-state index in [2.05, 4.69) is 10.1 Å². The van der Waals surface area contributed by atoms with E-state index in [0.29, 0.717) is 5.84 Å². The average Bonchev–Trinajstić information content (AvgIpc) is 2.38. The highest BCUT2D eigenvalue weighted by atomic mass is 32.2. The molecular weight excluding hydrogens is 250 g/mol. The van der Waals surface area contributed by atoms with Crippen LogP contribution in [0.3, 0.4) is 0 Å². The number of nitrogens with two attached hydrogens (primary N) is 1. The Morgan fingerprint density at radius 3 is 2.56 bits per heavy atom. The highest BCUT2D eigenvalue weighted by Gasteiger charge is 2.37. The van der Waals surface area contributed by atoms with Crippen molar-refractivity contribution in [3.63, 3.8) is 0 Å². The topological polar surface area (TPSA) is 71.1 Å². The van der Waals surface area contributed by atoms with E-state index in [-0.39, 0.29) is 10.9 Å². The lowest BCUT2D eigenvalue weighted by molar-refractivity contribution is 0.0542. The Bertz CT molecular complexity index is 276. The Hall–Kier alpha value is -0.460. The normalized spacial score (nSPS) is 21.4. The minimum Gasteiger partial charge on any atom is -0.409 e. The van der Waals surface area contributed by atoms with E-state index in [0.717, 1.165) is 39.1 Å². The van der Waals surface area contributed by atoms with Gasteiger partial charge < -0.3 is 20.6 Å². The molecule has 0 aliphatic carbocycles. The summed E-state index contributed by atoms with van der Waals surface area (Å²) in [6.07, 6.45) is 4.16. The third kappa shape index (κ3) is 4.03. The third-order valence-electron chi connectivity index (χ3n) is 3.49. The summed E-state index contributed by atoms with van der Waals surface area (Å²) >= 11 is 1.68. The molecule has 0 amide bonds. The first-order valence-electron chi connectivity index (χ1n) is 6.41. The van der Waals surface area contributed by atoms with Crippen LogP contribution in [0.1, 0.15) is 26.7 Å². The van der Waals surface area contributed by atoms with Gasteiger partial charge in [-0.05, 0) is 46.0 Å². The Labute approximate surface area is 114 Å². The Morgan fingerprint density at radius 2 is 2.11 bits per heavy atom. The number of nitrogens with zero attached hydrogens (tertiary/aromatic N) is 2. The predicted octanol–water partition coefficient (Wildman–Crippen LogP) is 1.36. The fourth-order valence-corrected chi connectivity index (χ4v) is 3.05. The van der Waals surface area contributed by atoms with E-state index < -0.39 is 0 Å². The van der Waals surface area contributed by atoms with E-state index in [1.807, 2.05) is 20.1 Å². The smallest absolute Gasteiger partial charge is 0.155 e. The SMILES string of the molecule is CSC1(C(N)=NO)CCN(CCOC(C)C)CC1. The molecule has 0 bridgehead atoms. The molecule has 1 aliphatic rings. The van der Waals surface area contributed by atoms with Gasteiger partial charge >= 0.3 is 0 Å². The fourth-order valence-electron chi connectivity index (χ4n) is 2.21. The lowest BCUT2D eigenvalue weighted by Gasteiger charge is -2.39. The van der Waals surface area contributed by atoms with Crippen molar-refractivity contribution in [2.75, 3.05) is 32.5 Å². The van der Waals surface area contributed by atoms with Gasteiger partial charge in [-0.15, -0.1) is 0 Å². The van der Waals surface area contributed by atoms with Gasteiger partial charge in [0.15, 0.2) is 5.84 Å². The molecule has 3 N–H and O–H groups in total. The second kappa shape index (κ2) is 7.21. The van der Waals surface area contributed by atoms with Crippen LogP contribution in [-0.4, -0.2) is 59.3 Å². The van der Waals surface area contributed by atoms with Gasteiger partial charge in [0.05, 0.1) is 17.5 Å². The molecule has 18 heavy (non-hydrogen) atoms. The molecule has 0 atom stereocenters. The number of oxime groups is 1. The van der Waals surface area contributed by atoms with Crippen molar-refractivity contribution in [1.82, 2.24) is 4.90 Å². The number of thioether (sulfide) groups is 1. The number of ether oxygens (including phenoxy) is 1. The van der Waals surface area contributed by atoms with Crippen molar-refractivity contribution in [2.24, 2.45) is 10.9 Å². The minimum absolute atomic E-state index is 0.190. The summed E-state index contributed by atoms with van der Waals surface area (Å²) in [4.78, 5) is 2.38. The Morgan fingerprint density at radius 1 is 1.50 bits per heavy atom. The van der Waals surface area contributed by atoms with Gasteiger partial charge in [0.25, 0.3) is 0 Å². The van der Waals surface area contributed by atoms with Crippen LogP contribution in [-0.2, 0) is 4.74 Å². The van der Waals surface area contributed by atoms with Gasteiger partial charge in [0.1, 0.15) is 0 Å². The van der Waals surface area contributed by atoms with E-state index in [1.54, 1.807) is 11.8 Å². The number of rotatable bonds is 6. The van der Waals surface area contributed by atoms with Crippen LogP contribution < -0.4 is 5.73 Å². The highest BCUT2D eigenvalue weighted by Crippen LogP contribution is 2.34. The van der Waals surface area contributed by atoms with Gasteiger partial charge in [0, 0.05) is 6.54 Å². The molecule has 5 nitrogen and oxygen atoms in total.